The standard InChI is InChI=1S/C19H23FN2/c1-5-22(4)13-21-19-11-14(2)17(10-15(19)3)12-16-6-8-18(20)9-7-16/h6-11,13H,5,12H2,1-4H3/b21-13+. The number of benzene rings is 2. The fourth-order valence-corrected chi connectivity index (χ4v) is 2.25. The zero-order chi connectivity index (χ0) is 16.1. The molecule has 0 saturated carbocycles. The molecule has 0 aliphatic rings. The van der Waals surface area contributed by atoms with E-state index in [4.69, 9.17) is 0 Å². The van der Waals surface area contributed by atoms with E-state index < -0.39 is 0 Å². The van der Waals surface area contributed by atoms with E-state index in [1.807, 2.05) is 30.4 Å². The normalized spacial score (nSPS) is 11.1. The topological polar surface area (TPSA) is 15.6 Å². The number of nitrogens with zero attached hydrogens (tertiary/aromatic N) is 2. The van der Waals surface area contributed by atoms with Crippen LogP contribution in [0.15, 0.2) is 41.4 Å². The third kappa shape index (κ3) is 4.17. The van der Waals surface area contributed by atoms with E-state index >= 15 is 0 Å². The second-order valence-electron chi connectivity index (χ2n) is 5.69. The highest BCUT2D eigenvalue weighted by atomic mass is 19.1. The van der Waals surface area contributed by atoms with Crippen LogP contribution in [0, 0.1) is 19.7 Å². The van der Waals surface area contributed by atoms with E-state index in [2.05, 4.69) is 37.9 Å². The van der Waals surface area contributed by atoms with Crippen molar-refractivity contribution in [2.75, 3.05) is 13.6 Å². The van der Waals surface area contributed by atoms with Gasteiger partial charge in [0.2, 0.25) is 0 Å². The molecule has 0 aromatic heterocycles. The van der Waals surface area contributed by atoms with Gasteiger partial charge in [0.15, 0.2) is 0 Å². The number of hydrogen-bond donors (Lipinski definition) is 0. The molecule has 2 nitrogen and oxygen atoms in total. The van der Waals surface area contributed by atoms with E-state index in [1.165, 1.54) is 23.3 Å². The maximum Gasteiger partial charge on any atom is 0.123 e. The van der Waals surface area contributed by atoms with Crippen LogP contribution >= 0.6 is 0 Å². The Balaban J connectivity index is 2.22. The molecule has 0 fully saturated rings. The summed E-state index contributed by atoms with van der Waals surface area (Å²) in [6, 6.07) is 11.0. The summed E-state index contributed by atoms with van der Waals surface area (Å²) in [5, 5.41) is 0. The molecule has 2 aromatic carbocycles. The molecule has 116 valence electrons. The number of aryl methyl sites for hydroxylation is 2. The van der Waals surface area contributed by atoms with Gasteiger partial charge in [-0.2, -0.15) is 0 Å². The number of aliphatic imine (C=N–C) groups is 1. The lowest BCUT2D eigenvalue weighted by atomic mass is 9.97. The van der Waals surface area contributed by atoms with Gasteiger partial charge < -0.3 is 4.90 Å². The van der Waals surface area contributed by atoms with Gasteiger partial charge in [0.25, 0.3) is 0 Å². The summed E-state index contributed by atoms with van der Waals surface area (Å²) in [7, 11) is 2.01. The van der Waals surface area contributed by atoms with Crippen molar-refractivity contribution in [3.05, 3.63) is 64.5 Å². The van der Waals surface area contributed by atoms with Crippen molar-refractivity contribution in [1.82, 2.24) is 4.90 Å². The summed E-state index contributed by atoms with van der Waals surface area (Å²) in [6.07, 6.45) is 2.67. The quantitative estimate of drug-likeness (QED) is 0.580. The van der Waals surface area contributed by atoms with Crippen LogP contribution in [0.5, 0.6) is 0 Å². The fraction of sp³-hybridized carbons (Fsp3) is 0.316. The molecule has 0 amide bonds. The van der Waals surface area contributed by atoms with Crippen molar-refractivity contribution in [1.29, 1.82) is 0 Å². The molecule has 0 aliphatic carbocycles. The van der Waals surface area contributed by atoms with Crippen molar-refractivity contribution in [2.24, 2.45) is 4.99 Å². The molecular formula is C19H23FN2. The van der Waals surface area contributed by atoms with Crippen LogP contribution in [0.3, 0.4) is 0 Å². The van der Waals surface area contributed by atoms with Crippen LogP contribution in [0.1, 0.15) is 29.2 Å². The Labute approximate surface area is 132 Å². The number of rotatable bonds is 5. The molecule has 0 aliphatic heterocycles. The Kier molecular flexibility index (Phi) is 5.31. The Hall–Kier alpha value is -2.16. The molecule has 0 bridgehead atoms. The first-order chi connectivity index (χ1) is 10.5. The maximum absolute atomic E-state index is 13.0. The number of halogens is 1. The minimum absolute atomic E-state index is 0.193. The first-order valence-corrected chi connectivity index (χ1v) is 7.58. The first kappa shape index (κ1) is 16.2. The third-order valence-electron chi connectivity index (χ3n) is 3.86. The summed E-state index contributed by atoms with van der Waals surface area (Å²) >= 11 is 0. The van der Waals surface area contributed by atoms with Crippen molar-refractivity contribution in [3.63, 3.8) is 0 Å². The van der Waals surface area contributed by atoms with Gasteiger partial charge in [-0.1, -0.05) is 18.2 Å². The summed E-state index contributed by atoms with van der Waals surface area (Å²) < 4.78 is 13.0. The molecule has 0 atom stereocenters. The Morgan fingerprint density at radius 1 is 1.09 bits per heavy atom. The van der Waals surface area contributed by atoms with E-state index in [9.17, 15) is 4.39 Å². The largest absolute Gasteiger partial charge is 0.366 e. The summed E-state index contributed by atoms with van der Waals surface area (Å²) in [5.74, 6) is -0.193. The van der Waals surface area contributed by atoms with Gasteiger partial charge >= 0.3 is 0 Å². The lowest BCUT2D eigenvalue weighted by Gasteiger charge is -2.12. The third-order valence-corrected chi connectivity index (χ3v) is 3.86. The zero-order valence-electron chi connectivity index (χ0n) is 13.7. The van der Waals surface area contributed by atoms with Crippen LogP contribution in [-0.2, 0) is 6.42 Å². The second kappa shape index (κ2) is 7.21. The average Bonchev–Trinajstić information content (AvgIpc) is 2.51. The van der Waals surface area contributed by atoms with E-state index in [0.717, 1.165) is 29.8 Å². The van der Waals surface area contributed by atoms with Gasteiger partial charge in [-0.15, -0.1) is 0 Å². The maximum atomic E-state index is 13.0. The molecule has 0 unspecified atom stereocenters. The van der Waals surface area contributed by atoms with Crippen molar-refractivity contribution in [3.8, 4) is 0 Å². The Bertz CT molecular complexity index is 660. The molecule has 3 heteroatoms. The van der Waals surface area contributed by atoms with Gasteiger partial charge in [0, 0.05) is 13.6 Å². The van der Waals surface area contributed by atoms with Crippen LogP contribution in [0.25, 0.3) is 0 Å². The highest BCUT2D eigenvalue weighted by molar-refractivity contribution is 5.64. The molecule has 2 aromatic rings. The highest BCUT2D eigenvalue weighted by Crippen LogP contribution is 2.25. The van der Waals surface area contributed by atoms with Crippen molar-refractivity contribution < 1.29 is 4.39 Å². The molecule has 0 radical (unpaired) electrons. The number of hydrogen-bond acceptors (Lipinski definition) is 1. The lowest BCUT2D eigenvalue weighted by molar-refractivity contribution is 0.552. The predicted octanol–water partition coefficient (Wildman–Crippen LogP) is 4.64. The van der Waals surface area contributed by atoms with Gasteiger partial charge in [-0.05, 0) is 67.6 Å². The van der Waals surface area contributed by atoms with Crippen molar-refractivity contribution in [2.45, 2.75) is 27.2 Å². The molecular weight excluding hydrogens is 275 g/mol. The minimum Gasteiger partial charge on any atom is -0.366 e. The molecule has 0 N–H and O–H groups in total. The van der Waals surface area contributed by atoms with E-state index in [0.29, 0.717) is 0 Å². The van der Waals surface area contributed by atoms with Crippen molar-refractivity contribution >= 4 is 12.0 Å². The Morgan fingerprint density at radius 3 is 2.41 bits per heavy atom. The molecule has 0 heterocycles. The van der Waals surface area contributed by atoms with Crippen LogP contribution in [0.4, 0.5) is 10.1 Å². The minimum atomic E-state index is -0.193. The fourth-order valence-electron chi connectivity index (χ4n) is 2.25. The molecule has 0 spiro atoms. The first-order valence-electron chi connectivity index (χ1n) is 7.58. The summed E-state index contributed by atoms with van der Waals surface area (Å²) in [5.41, 5.74) is 5.74. The zero-order valence-corrected chi connectivity index (χ0v) is 13.7. The lowest BCUT2D eigenvalue weighted by Crippen LogP contribution is -2.14. The monoisotopic (exact) mass is 298 g/mol. The van der Waals surface area contributed by atoms with Gasteiger partial charge in [0.05, 0.1) is 12.0 Å². The predicted molar refractivity (Wildman–Crippen MR) is 91.6 cm³/mol. The van der Waals surface area contributed by atoms with E-state index in [1.54, 1.807) is 0 Å². The average molecular weight is 298 g/mol. The van der Waals surface area contributed by atoms with E-state index in [-0.39, 0.29) is 5.82 Å². The van der Waals surface area contributed by atoms with Gasteiger partial charge in [-0.25, -0.2) is 9.38 Å². The second-order valence-corrected chi connectivity index (χ2v) is 5.69. The Morgan fingerprint density at radius 2 is 1.77 bits per heavy atom. The van der Waals surface area contributed by atoms with Crippen LogP contribution in [0.2, 0.25) is 0 Å². The summed E-state index contributed by atoms with van der Waals surface area (Å²) in [4.78, 5) is 6.59. The molecule has 2 rings (SSSR count). The van der Waals surface area contributed by atoms with Gasteiger partial charge in [0.1, 0.15) is 5.82 Å². The summed E-state index contributed by atoms with van der Waals surface area (Å²) in [6.45, 7) is 7.20. The van der Waals surface area contributed by atoms with Gasteiger partial charge in [-0.3, -0.25) is 0 Å². The molecule has 22 heavy (non-hydrogen) atoms. The smallest absolute Gasteiger partial charge is 0.123 e. The molecule has 0 saturated heterocycles. The SMILES string of the molecule is CCN(C)/C=N/c1cc(C)c(Cc2ccc(F)cc2)cc1C. The highest BCUT2D eigenvalue weighted by Gasteiger charge is 2.05. The van der Waals surface area contributed by atoms with Crippen LogP contribution < -0.4 is 0 Å². The van der Waals surface area contributed by atoms with Crippen LogP contribution in [-0.4, -0.2) is 24.8 Å².